The quantitative estimate of drug-likeness (QED) is 0.749. The normalized spacial score (nSPS) is 12.1. The van der Waals surface area contributed by atoms with Crippen molar-refractivity contribution >= 4 is 5.91 Å². The van der Waals surface area contributed by atoms with Crippen molar-refractivity contribution in [1.29, 1.82) is 0 Å². The zero-order valence-electron chi connectivity index (χ0n) is 13.4. The van der Waals surface area contributed by atoms with Gasteiger partial charge in [-0.2, -0.15) is 5.10 Å². The van der Waals surface area contributed by atoms with Crippen LogP contribution in [0.1, 0.15) is 40.3 Å². The van der Waals surface area contributed by atoms with Crippen LogP contribution < -0.4 is 5.32 Å². The molecule has 0 fully saturated rings. The number of carbonyl (C=O) groups is 1. The van der Waals surface area contributed by atoms with Crippen LogP contribution >= 0.6 is 0 Å². The largest absolute Gasteiger partial charge is 0.391 e. The van der Waals surface area contributed by atoms with Gasteiger partial charge in [-0.05, 0) is 31.5 Å². The van der Waals surface area contributed by atoms with Crippen LogP contribution in [0.4, 0.5) is 0 Å². The number of nitrogens with zero attached hydrogens (tertiary/aromatic N) is 3. The Kier molecular flexibility index (Phi) is 4.43. The van der Waals surface area contributed by atoms with Crippen molar-refractivity contribution in [2.75, 3.05) is 0 Å². The van der Waals surface area contributed by atoms with E-state index in [1.807, 2.05) is 43.5 Å². The van der Waals surface area contributed by atoms with Crippen molar-refractivity contribution < 1.29 is 14.4 Å². The Morgan fingerprint density at radius 2 is 2.17 bits per heavy atom. The van der Waals surface area contributed by atoms with E-state index in [1.165, 1.54) is 0 Å². The van der Waals surface area contributed by atoms with Gasteiger partial charge in [-0.1, -0.05) is 23.4 Å². The summed E-state index contributed by atoms with van der Waals surface area (Å²) in [5.74, 6) is 0.0471. The molecule has 24 heavy (non-hydrogen) atoms. The summed E-state index contributed by atoms with van der Waals surface area (Å²) in [7, 11) is 0. The first-order valence-electron chi connectivity index (χ1n) is 7.57. The van der Waals surface area contributed by atoms with E-state index in [0.29, 0.717) is 11.3 Å². The number of amides is 1. The van der Waals surface area contributed by atoms with Gasteiger partial charge in [0.1, 0.15) is 5.76 Å². The van der Waals surface area contributed by atoms with E-state index in [-0.39, 0.29) is 18.3 Å². The van der Waals surface area contributed by atoms with E-state index >= 15 is 0 Å². The molecule has 0 bridgehead atoms. The Morgan fingerprint density at radius 3 is 2.88 bits per heavy atom. The number of para-hydroxylation sites is 1. The summed E-state index contributed by atoms with van der Waals surface area (Å²) in [4.78, 5) is 12.5. The molecule has 7 heteroatoms. The maximum absolute atomic E-state index is 12.5. The molecule has 0 unspecified atom stereocenters. The minimum absolute atomic E-state index is 0.110. The van der Waals surface area contributed by atoms with Gasteiger partial charge in [0.25, 0.3) is 5.91 Å². The standard InChI is InChI=1S/C17H18N4O3/c1-11(19-17(23)16-14(10-22)12(2)24-20-16)13-6-3-4-7-15(13)21-9-5-8-18-21/h3-9,11,22H,10H2,1-2H3,(H,19,23)/t11-/m1/s1. The van der Waals surface area contributed by atoms with E-state index in [0.717, 1.165) is 11.3 Å². The van der Waals surface area contributed by atoms with Gasteiger partial charge in [-0.15, -0.1) is 0 Å². The molecule has 1 atom stereocenters. The summed E-state index contributed by atoms with van der Waals surface area (Å²) in [5, 5.41) is 20.2. The maximum atomic E-state index is 12.5. The van der Waals surface area contributed by atoms with Crippen LogP contribution in [0.5, 0.6) is 0 Å². The lowest BCUT2D eigenvalue weighted by Crippen LogP contribution is -2.28. The number of benzene rings is 1. The number of hydrogen-bond acceptors (Lipinski definition) is 5. The molecule has 1 aromatic carbocycles. The average Bonchev–Trinajstić information content (AvgIpc) is 3.24. The van der Waals surface area contributed by atoms with Crippen LogP contribution in [0.25, 0.3) is 5.69 Å². The minimum Gasteiger partial charge on any atom is -0.391 e. The molecule has 0 aliphatic rings. The van der Waals surface area contributed by atoms with Crippen molar-refractivity contribution in [3.63, 3.8) is 0 Å². The van der Waals surface area contributed by atoms with Gasteiger partial charge in [-0.3, -0.25) is 4.79 Å². The molecular formula is C17H18N4O3. The van der Waals surface area contributed by atoms with Gasteiger partial charge >= 0.3 is 0 Å². The Morgan fingerprint density at radius 1 is 1.38 bits per heavy atom. The molecule has 0 aliphatic heterocycles. The van der Waals surface area contributed by atoms with Crippen molar-refractivity contribution in [2.24, 2.45) is 0 Å². The average molecular weight is 326 g/mol. The zero-order chi connectivity index (χ0) is 17.1. The molecular weight excluding hydrogens is 308 g/mol. The fraction of sp³-hybridized carbons (Fsp3) is 0.235. The highest BCUT2D eigenvalue weighted by Crippen LogP contribution is 2.22. The van der Waals surface area contributed by atoms with Crippen molar-refractivity contribution in [3.05, 3.63) is 65.3 Å². The first-order chi connectivity index (χ1) is 11.6. The number of aryl methyl sites for hydroxylation is 1. The smallest absolute Gasteiger partial charge is 0.274 e. The molecule has 124 valence electrons. The maximum Gasteiger partial charge on any atom is 0.274 e. The molecule has 2 aromatic heterocycles. The molecule has 7 nitrogen and oxygen atoms in total. The Hall–Kier alpha value is -2.93. The predicted octanol–water partition coefficient (Wildman–Crippen LogP) is 2.15. The third kappa shape index (κ3) is 2.93. The molecule has 3 aromatic rings. The topological polar surface area (TPSA) is 93.2 Å². The van der Waals surface area contributed by atoms with E-state index in [9.17, 15) is 9.90 Å². The second kappa shape index (κ2) is 6.67. The fourth-order valence-electron chi connectivity index (χ4n) is 2.57. The summed E-state index contributed by atoms with van der Waals surface area (Å²) in [6, 6.07) is 9.25. The first kappa shape index (κ1) is 15.9. The summed E-state index contributed by atoms with van der Waals surface area (Å²) in [6.07, 6.45) is 3.55. The lowest BCUT2D eigenvalue weighted by molar-refractivity contribution is 0.0928. The van der Waals surface area contributed by atoms with Crippen molar-refractivity contribution in [2.45, 2.75) is 26.5 Å². The van der Waals surface area contributed by atoms with Gasteiger partial charge in [0.05, 0.1) is 23.9 Å². The molecule has 2 heterocycles. The van der Waals surface area contributed by atoms with Gasteiger partial charge in [-0.25, -0.2) is 4.68 Å². The van der Waals surface area contributed by atoms with Gasteiger partial charge in [0.2, 0.25) is 0 Å². The van der Waals surface area contributed by atoms with Gasteiger partial charge in [0, 0.05) is 12.4 Å². The monoisotopic (exact) mass is 326 g/mol. The van der Waals surface area contributed by atoms with Crippen molar-refractivity contribution in [3.8, 4) is 5.69 Å². The lowest BCUT2D eigenvalue weighted by Gasteiger charge is -2.17. The van der Waals surface area contributed by atoms with Crippen molar-refractivity contribution in [1.82, 2.24) is 20.3 Å². The number of carbonyl (C=O) groups excluding carboxylic acids is 1. The number of rotatable bonds is 5. The molecule has 0 saturated carbocycles. The second-order valence-corrected chi connectivity index (χ2v) is 5.43. The molecule has 3 rings (SSSR count). The predicted molar refractivity (Wildman–Crippen MR) is 86.6 cm³/mol. The Labute approximate surface area is 138 Å². The first-order valence-corrected chi connectivity index (χ1v) is 7.57. The zero-order valence-corrected chi connectivity index (χ0v) is 13.4. The SMILES string of the molecule is Cc1onc(C(=O)N[C@H](C)c2ccccc2-n2cccn2)c1CO. The van der Waals surface area contributed by atoms with E-state index in [4.69, 9.17) is 4.52 Å². The van der Waals surface area contributed by atoms with E-state index in [2.05, 4.69) is 15.6 Å². The summed E-state index contributed by atoms with van der Waals surface area (Å²) >= 11 is 0. The molecule has 2 N–H and O–H groups in total. The highest BCUT2D eigenvalue weighted by molar-refractivity contribution is 5.94. The van der Waals surface area contributed by atoms with Crippen LogP contribution in [0, 0.1) is 6.92 Å². The Bertz CT molecular complexity index is 839. The number of aliphatic hydroxyl groups is 1. The molecule has 0 aliphatic carbocycles. The van der Waals surface area contributed by atoms with Crippen LogP contribution in [0.2, 0.25) is 0 Å². The molecule has 0 spiro atoms. The molecule has 1 amide bonds. The van der Waals surface area contributed by atoms with Gasteiger partial charge < -0.3 is 14.9 Å². The van der Waals surface area contributed by atoms with E-state index < -0.39 is 5.91 Å². The number of hydrogen-bond donors (Lipinski definition) is 2. The second-order valence-electron chi connectivity index (χ2n) is 5.43. The fourth-order valence-corrected chi connectivity index (χ4v) is 2.57. The lowest BCUT2D eigenvalue weighted by atomic mass is 10.1. The summed E-state index contributed by atoms with van der Waals surface area (Å²) in [6.45, 7) is 3.24. The summed E-state index contributed by atoms with van der Waals surface area (Å²) < 4.78 is 6.74. The highest BCUT2D eigenvalue weighted by Gasteiger charge is 2.22. The Balaban J connectivity index is 1.85. The molecule has 0 radical (unpaired) electrons. The third-order valence-corrected chi connectivity index (χ3v) is 3.86. The minimum atomic E-state index is -0.390. The van der Waals surface area contributed by atoms with Crippen LogP contribution in [0.15, 0.2) is 47.2 Å². The summed E-state index contributed by atoms with van der Waals surface area (Å²) in [5.41, 5.74) is 2.31. The van der Waals surface area contributed by atoms with E-state index in [1.54, 1.807) is 17.8 Å². The third-order valence-electron chi connectivity index (χ3n) is 3.86. The number of nitrogens with one attached hydrogen (secondary N) is 1. The van der Waals surface area contributed by atoms with Crippen LogP contribution in [-0.4, -0.2) is 26.0 Å². The van der Waals surface area contributed by atoms with Crippen LogP contribution in [-0.2, 0) is 6.61 Å². The number of aliphatic hydroxyl groups excluding tert-OH is 1. The highest BCUT2D eigenvalue weighted by atomic mass is 16.5. The van der Waals surface area contributed by atoms with Crippen LogP contribution in [0.3, 0.4) is 0 Å². The van der Waals surface area contributed by atoms with Gasteiger partial charge in [0.15, 0.2) is 5.69 Å². The molecule has 0 saturated heterocycles. The number of aromatic nitrogens is 3.